The van der Waals surface area contributed by atoms with Gasteiger partial charge in [0.1, 0.15) is 16.9 Å². The van der Waals surface area contributed by atoms with E-state index in [9.17, 15) is 13.2 Å². The van der Waals surface area contributed by atoms with E-state index in [1.165, 1.54) is 14.0 Å². The normalized spacial score (nSPS) is 11.9. The van der Waals surface area contributed by atoms with E-state index in [4.69, 9.17) is 9.47 Å². The van der Waals surface area contributed by atoms with Crippen molar-refractivity contribution in [2.45, 2.75) is 33.1 Å². The van der Waals surface area contributed by atoms with Gasteiger partial charge in [0.15, 0.2) is 29.0 Å². The highest BCUT2D eigenvalue weighted by atomic mass is 19.2. The predicted molar refractivity (Wildman–Crippen MR) is 118 cm³/mol. The topological polar surface area (TPSA) is 77.8 Å². The van der Waals surface area contributed by atoms with E-state index >= 15 is 0 Å². The van der Waals surface area contributed by atoms with Gasteiger partial charge in [0.05, 0.1) is 25.4 Å². The van der Waals surface area contributed by atoms with E-state index in [-0.39, 0.29) is 28.1 Å². The summed E-state index contributed by atoms with van der Waals surface area (Å²) < 4.78 is 54.5. The molecule has 33 heavy (non-hydrogen) atoms. The molecule has 7 nitrogen and oxygen atoms in total. The van der Waals surface area contributed by atoms with Gasteiger partial charge in [0.2, 0.25) is 5.88 Å². The predicted octanol–water partition coefficient (Wildman–Crippen LogP) is 5.07. The average molecular weight is 459 g/mol. The highest BCUT2D eigenvalue weighted by Crippen LogP contribution is 2.39. The Morgan fingerprint density at radius 3 is 2.30 bits per heavy atom. The molecule has 0 radical (unpaired) electrons. The number of hydrogen-bond acceptors (Lipinski definition) is 5. The number of aromatic amines is 1. The second kappa shape index (κ2) is 7.79. The molecule has 0 spiro atoms. The van der Waals surface area contributed by atoms with E-state index in [2.05, 4.69) is 20.1 Å². The summed E-state index contributed by atoms with van der Waals surface area (Å²) in [4.78, 5) is 12.2. The molecule has 0 saturated heterocycles. The molecule has 3 aromatic heterocycles. The molecule has 1 N–H and O–H groups in total. The number of pyridine rings is 1. The number of aromatic nitrogens is 5. The van der Waals surface area contributed by atoms with E-state index in [0.29, 0.717) is 28.3 Å². The smallest absolute Gasteiger partial charge is 0.240 e. The van der Waals surface area contributed by atoms with Gasteiger partial charge >= 0.3 is 0 Å². The number of imidazole rings is 1. The number of halogens is 3. The van der Waals surface area contributed by atoms with Gasteiger partial charge in [-0.25, -0.2) is 23.1 Å². The lowest BCUT2D eigenvalue weighted by molar-refractivity contribution is 0.397. The third-order valence-electron chi connectivity index (χ3n) is 5.46. The van der Waals surface area contributed by atoms with E-state index in [1.807, 2.05) is 20.8 Å². The van der Waals surface area contributed by atoms with Gasteiger partial charge in [0.25, 0.3) is 0 Å². The molecule has 10 heteroatoms. The van der Waals surface area contributed by atoms with Gasteiger partial charge in [-0.2, -0.15) is 5.10 Å². The van der Waals surface area contributed by atoms with Crippen molar-refractivity contribution in [3.8, 4) is 34.4 Å². The molecule has 4 rings (SSSR count). The molecule has 0 unspecified atom stereocenters. The van der Waals surface area contributed by atoms with Crippen LogP contribution < -0.4 is 9.47 Å². The van der Waals surface area contributed by atoms with Crippen molar-refractivity contribution in [3.63, 3.8) is 0 Å². The van der Waals surface area contributed by atoms with Crippen molar-refractivity contribution >= 4 is 11.0 Å². The summed E-state index contributed by atoms with van der Waals surface area (Å²) in [6, 6.07) is 2.47. The number of hydrogen-bond donors (Lipinski definition) is 1. The summed E-state index contributed by atoms with van der Waals surface area (Å²) in [5.41, 5.74) is 2.27. The van der Waals surface area contributed by atoms with E-state index < -0.39 is 17.5 Å². The van der Waals surface area contributed by atoms with Crippen molar-refractivity contribution < 1.29 is 22.6 Å². The Labute approximate surface area is 188 Å². The third-order valence-corrected chi connectivity index (χ3v) is 5.46. The summed E-state index contributed by atoms with van der Waals surface area (Å²) in [6.45, 7) is 7.45. The molecule has 0 aliphatic rings. The van der Waals surface area contributed by atoms with Crippen LogP contribution in [0.1, 0.15) is 32.0 Å². The first kappa shape index (κ1) is 22.6. The van der Waals surface area contributed by atoms with Gasteiger partial charge in [0, 0.05) is 18.0 Å². The molecule has 3 heterocycles. The number of benzene rings is 1. The monoisotopic (exact) mass is 459 g/mol. The molecule has 1 aromatic carbocycles. The molecule has 0 fully saturated rings. The second-order valence-corrected chi connectivity index (χ2v) is 8.76. The lowest BCUT2D eigenvalue weighted by Gasteiger charge is -2.16. The zero-order valence-electron chi connectivity index (χ0n) is 19.4. The van der Waals surface area contributed by atoms with Gasteiger partial charge in [-0.15, -0.1) is 0 Å². The number of nitrogens with zero attached hydrogens (tertiary/aromatic N) is 4. The molecular weight excluding hydrogens is 435 g/mol. The standard InChI is InChI=1S/C23H24F3N5O2/c1-10-11(8-12(24)16(26)15(10)25)13-9-14-17(22(28-13)33-7)29-21(27-14)18-19(32-6)20(23(2,3)4)30-31(18)5/h8-9H,1-7H3,(H,27,29). The van der Waals surface area contributed by atoms with Crippen LogP contribution in [0.2, 0.25) is 0 Å². The lowest BCUT2D eigenvalue weighted by atomic mass is 9.91. The summed E-state index contributed by atoms with van der Waals surface area (Å²) in [6.07, 6.45) is 0. The molecule has 4 aromatic rings. The Kier molecular flexibility index (Phi) is 5.34. The van der Waals surface area contributed by atoms with Crippen LogP contribution in [0, 0.1) is 24.4 Å². The first-order chi connectivity index (χ1) is 15.5. The SMILES string of the molecule is COc1c(C(C)(C)C)nn(C)c1-c1nc2cc(-c3cc(F)c(F)c(F)c3C)nc(OC)c2[nH]1. The number of rotatable bonds is 4. The van der Waals surface area contributed by atoms with Crippen LogP contribution in [0.5, 0.6) is 11.6 Å². The maximum atomic E-state index is 14.2. The number of aryl methyl sites for hydroxylation is 1. The fourth-order valence-corrected chi connectivity index (χ4v) is 3.78. The van der Waals surface area contributed by atoms with Crippen LogP contribution in [0.4, 0.5) is 13.2 Å². The largest absolute Gasteiger partial charge is 0.492 e. The zero-order chi connectivity index (χ0) is 24.2. The first-order valence-corrected chi connectivity index (χ1v) is 10.2. The Balaban J connectivity index is 1.95. The number of nitrogens with one attached hydrogen (secondary N) is 1. The number of ether oxygens (including phenoxy) is 2. The fraction of sp³-hybridized carbons (Fsp3) is 0.348. The quantitative estimate of drug-likeness (QED) is 0.432. The fourth-order valence-electron chi connectivity index (χ4n) is 3.78. The van der Waals surface area contributed by atoms with Gasteiger partial charge in [-0.1, -0.05) is 20.8 Å². The minimum atomic E-state index is -1.52. The van der Waals surface area contributed by atoms with Crippen molar-refractivity contribution in [1.82, 2.24) is 24.7 Å². The minimum absolute atomic E-state index is 0.0679. The van der Waals surface area contributed by atoms with Crippen LogP contribution >= 0.6 is 0 Å². The molecule has 0 aliphatic carbocycles. The molecule has 0 aliphatic heterocycles. The molecule has 174 valence electrons. The first-order valence-electron chi connectivity index (χ1n) is 10.2. The minimum Gasteiger partial charge on any atom is -0.492 e. The van der Waals surface area contributed by atoms with Gasteiger partial charge < -0.3 is 14.5 Å². The molecule has 0 bridgehead atoms. The maximum Gasteiger partial charge on any atom is 0.240 e. The molecular formula is C23H24F3N5O2. The van der Waals surface area contributed by atoms with Crippen molar-refractivity contribution in [2.75, 3.05) is 14.2 Å². The van der Waals surface area contributed by atoms with Crippen molar-refractivity contribution in [1.29, 1.82) is 0 Å². The van der Waals surface area contributed by atoms with Crippen LogP contribution in [0.3, 0.4) is 0 Å². The summed E-state index contributed by atoms with van der Waals surface area (Å²) in [5.74, 6) is -2.88. The molecule has 0 atom stereocenters. The van der Waals surface area contributed by atoms with Gasteiger partial charge in [-0.05, 0) is 24.6 Å². The number of methoxy groups -OCH3 is 2. The Morgan fingerprint density at radius 1 is 1.00 bits per heavy atom. The van der Waals surface area contributed by atoms with Crippen LogP contribution in [-0.4, -0.2) is 39.0 Å². The van der Waals surface area contributed by atoms with Crippen molar-refractivity contribution in [3.05, 3.63) is 40.8 Å². The molecule has 0 saturated carbocycles. The lowest BCUT2D eigenvalue weighted by Crippen LogP contribution is -2.13. The van der Waals surface area contributed by atoms with E-state index in [1.54, 1.807) is 24.9 Å². The number of fused-ring (bicyclic) bond motifs is 1. The second-order valence-electron chi connectivity index (χ2n) is 8.76. The Morgan fingerprint density at radius 2 is 1.70 bits per heavy atom. The van der Waals surface area contributed by atoms with Crippen LogP contribution in [-0.2, 0) is 12.5 Å². The van der Waals surface area contributed by atoms with Gasteiger partial charge in [-0.3, -0.25) is 4.68 Å². The average Bonchev–Trinajstić information content (AvgIpc) is 3.33. The van der Waals surface area contributed by atoms with E-state index in [0.717, 1.165) is 11.8 Å². The Hall–Kier alpha value is -3.56. The Bertz CT molecular complexity index is 1390. The molecule has 0 amide bonds. The highest BCUT2D eigenvalue weighted by Gasteiger charge is 2.29. The third kappa shape index (κ3) is 3.59. The maximum absolute atomic E-state index is 14.2. The summed E-state index contributed by atoms with van der Waals surface area (Å²) in [7, 11) is 4.78. The number of H-pyrrole nitrogens is 1. The summed E-state index contributed by atoms with van der Waals surface area (Å²) >= 11 is 0. The zero-order valence-corrected chi connectivity index (χ0v) is 19.4. The highest BCUT2D eigenvalue weighted by molar-refractivity contribution is 5.87. The van der Waals surface area contributed by atoms with Crippen LogP contribution in [0.15, 0.2) is 12.1 Å². The van der Waals surface area contributed by atoms with Crippen LogP contribution in [0.25, 0.3) is 33.8 Å². The van der Waals surface area contributed by atoms with Crippen molar-refractivity contribution in [2.24, 2.45) is 7.05 Å². The summed E-state index contributed by atoms with van der Waals surface area (Å²) in [5, 5.41) is 4.61.